The van der Waals surface area contributed by atoms with Crippen LogP contribution in [0.1, 0.15) is 12.0 Å². The molecule has 1 saturated heterocycles. The fourth-order valence-electron chi connectivity index (χ4n) is 3.81. The lowest BCUT2D eigenvalue weighted by Crippen LogP contribution is -2.37. The van der Waals surface area contributed by atoms with E-state index in [0.29, 0.717) is 28.8 Å². The number of aromatic amines is 1. The quantitative estimate of drug-likeness (QED) is 0.646. The smallest absolute Gasteiger partial charge is 0.407 e. The number of nitrogens with zero attached hydrogens (tertiary/aromatic N) is 1. The lowest BCUT2D eigenvalue weighted by atomic mass is 10.0. The molecule has 2 heterocycles. The number of benzene rings is 2. The number of aromatic nitrogens is 1. The van der Waals surface area contributed by atoms with Crippen molar-refractivity contribution in [2.75, 3.05) is 20.2 Å². The van der Waals surface area contributed by atoms with Gasteiger partial charge in [0.05, 0.1) is 18.2 Å². The van der Waals surface area contributed by atoms with Crippen molar-refractivity contribution in [1.82, 2.24) is 15.2 Å². The third kappa shape index (κ3) is 4.35. The Morgan fingerprint density at radius 1 is 1.19 bits per heavy atom. The monoisotopic (exact) mass is 431 g/mol. The molecule has 0 bridgehead atoms. The summed E-state index contributed by atoms with van der Waals surface area (Å²) < 4.78 is 46.7. The van der Waals surface area contributed by atoms with Crippen LogP contribution in [0.4, 0.5) is 18.0 Å². The van der Waals surface area contributed by atoms with Crippen LogP contribution in [0.3, 0.4) is 0 Å². The predicted molar refractivity (Wildman–Crippen MR) is 108 cm³/mol. The number of H-pyrrole nitrogens is 1. The molecule has 3 aromatic rings. The van der Waals surface area contributed by atoms with Crippen LogP contribution in [0.2, 0.25) is 0 Å². The number of hydrogen-bond donors (Lipinski definition) is 2. The highest BCUT2D eigenvalue weighted by Crippen LogP contribution is 2.33. The molecule has 1 unspecified atom stereocenters. The molecule has 4 rings (SSSR count). The number of carbonyl (C=O) groups is 2. The lowest BCUT2D eigenvalue weighted by molar-refractivity contribution is -0.126. The average molecular weight is 431 g/mol. The van der Waals surface area contributed by atoms with Gasteiger partial charge in [-0.1, -0.05) is 0 Å². The molecule has 0 radical (unpaired) electrons. The second-order valence-electron chi connectivity index (χ2n) is 7.50. The molecule has 0 spiro atoms. The third-order valence-corrected chi connectivity index (χ3v) is 5.31. The van der Waals surface area contributed by atoms with Crippen LogP contribution in [0.5, 0.6) is 0 Å². The van der Waals surface area contributed by atoms with Gasteiger partial charge in [-0.05, 0) is 41.5 Å². The van der Waals surface area contributed by atoms with Gasteiger partial charge in [0.25, 0.3) is 0 Å². The van der Waals surface area contributed by atoms with Gasteiger partial charge in [-0.2, -0.15) is 0 Å². The molecule has 1 aliphatic rings. The number of halogens is 3. The minimum Gasteiger partial charge on any atom is -0.449 e. The molecule has 2 N–H and O–H groups in total. The molecule has 1 fully saturated rings. The Labute approximate surface area is 176 Å². The molecule has 1 aromatic heterocycles. The first-order valence-electron chi connectivity index (χ1n) is 9.74. The van der Waals surface area contributed by atoms with E-state index < -0.39 is 23.5 Å². The van der Waals surface area contributed by atoms with E-state index in [2.05, 4.69) is 10.3 Å². The standard InChI is InChI=1S/C22H20F3N3O3/c1-28-11-15(10-19(28)29)26-22(30)31-7-6-16-17-8-14(24)9-18(25)21(17)27-20(16)12-2-4-13(23)5-3-12/h2-5,8-9,15,27H,6-7,10-11H2,1H3,(H,26,30). The SMILES string of the molecule is CN1CC(NC(=O)OCCc2c(-c3ccc(F)cc3)[nH]c3c(F)cc(F)cc23)CC1=O. The van der Waals surface area contributed by atoms with Crippen molar-refractivity contribution in [3.63, 3.8) is 0 Å². The maximum absolute atomic E-state index is 14.3. The summed E-state index contributed by atoms with van der Waals surface area (Å²) in [6, 6.07) is 7.25. The normalized spacial score (nSPS) is 16.2. The van der Waals surface area contributed by atoms with Crippen LogP contribution in [0, 0.1) is 17.5 Å². The molecular weight excluding hydrogens is 411 g/mol. The van der Waals surface area contributed by atoms with Crippen molar-refractivity contribution in [1.29, 1.82) is 0 Å². The average Bonchev–Trinajstić information content (AvgIpc) is 3.22. The summed E-state index contributed by atoms with van der Waals surface area (Å²) in [5.41, 5.74) is 1.74. The molecule has 2 aromatic carbocycles. The highest BCUT2D eigenvalue weighted by molar-refractivity contribution is 5.91. The van der Waals surface area contributed by atoms with Crippen LogP contribution in [-0.2, 0) is 16.0 Å². The number of likely N-dealkylation sites (N-methyl/N-ethyl adjacent to an activating group) is 1. The Morgan fingerprint density at radius 3 is 2.61 bits per heavy atom. The number of carbonyl (C=O) groups excluding carboxylic acids is 2. The summed E-state index contributed by atoms with van der Waals surface area (Å²) in [6.45, 7) is 0.352. The fourth-order valence-corrected chi connectivity index (χ4v) is 3.81. The summed E-state index contributed by atoms with van der Waals surface area (Å²) in [7, 11) is 1.65. The zero-order valence-corrected chi connectivity index (χ0v) is 16.7. The summed E-state index contributed by atoms with van der Waals surface area (Å²) in [4.78, 5) is 28.1. The second-order valence-corrected chi connectivity index (χ2v) is 7.50. The minimum absolute atomic E-state index is 0.0539. The zero-order valence-electron chi connectivity index (χ0n) is 16.7. The first kappa shape index (κ1) is 20.8. The third-order valence-electron chi connectivity index (χ3n) is 5.31. The zero-order chi connectivity index (χ0) is 22.1. The van der Waals surface area contributed by atoms with Crippen molar-refractivity contribution < 1.29 is 27.5 Å². The van der Waals surface area contributed by atoms with Crippen molar-refractivity contribution in [2.24, 2.45) is 0 Å². The first-order valence-corrected chi connectivity index (χ1v) is 9.74. The van der Waals surface area contributed by atoms with Gasteiger partial charge >= 0.3 is 6.09 Å². The van der Waals surface area contributed by atoms with Crippen molar-refractivity contribution in [2.45, 2.75) is 18.9 Å². The molecule has 1 aliphatic heterocycles. The molecule has 162 valence electrons. The maximum Gasteiger partial charge on any atom is 0.407 e. The number of nitrogens with one attached hydrogen (secondary N) is 2. The van der Waals surface area contributed by atoms with E-state index in [1.165, 1.54) is 35.2 Å². The molecule has 0 saturated carbocycles. The lowest BCUT2D eigenvalue weighted by Gasteiger charge is -2.13. The Bertz CT molecular complexity index is 1140. The minimum atomic E-state index is -0.752. The first-order chi connectivity index (χ1) is 14.8. The highest BCUT2D eigenvalue weighted by Gasteiger charge is 2.28. The van der Waals surface area contributed by atoms with E-state index >= 15 is 0 Å². The molecule has 6 nitrogen and oxygen atoms in total. The molecule has 0 aliphatic carbocycles. The van der Waals surface area contributed by atoms with Crippen LogP contribution in [0.25, 0.3) is 22.2 Å². The summed E-state index contributed by atoms with van der Waals surface area (Å²) in [5.74, 6) is -1.96. The summed E-state index contributed by atoms with van der Waals surface area (Å²) >= 11 is 0. The van der Waals surface area contributed by atoms with Gasteiger partial charge in [-0.15, -0.1) is 0 Å². The van der Waals surface area contributed by atoms with E-state index in [1.807, 2.05) is 0 Å². The van der Waals surface area contributed by atoms with Gasteiger partial charge in [-0.3, -0.25) is 4.79 Å². The maximum atomic E-state index is 14.3. The van der Waals surface area contributed by atoms with Gasteiger partial charge < -0.3 is 19.9 Å². The number of alkyl carbamates (subject to hydrolysis) is 1. The van der Waals surface area contributed by atoms with E-state index in [0.717, 1.165) is 6.07 Å². The van der Waals surface area contributed by atoms with Crippen LogP contribution >= 0.6 is 0 Å². The highest BCUT2D eigenvalue weighted by atomic mass is 19.1. The van der Waals surface area contributed by atoms with Gasteiger partial charge in [0.15, 0.2) is 0 Å². The van der Waals surface area contributed by atoms with Gasteiger partial charge in [0.2, 0.25) is 5.91 Å². The molecule has 31 heavy (non-hydrogen) atoms. The molecule has 9 heteroatoms. The Kier molecular flexibility index (Phi) is 5.58. The number of fused-ring (bicyclic) bond motifs is 1. The fraction of sp³-hybridized carbons (Fsp3) is 0.273. The number of ether oxygens (including phenoxy) is 1. The number of amides is 2. The Morgan fingerprint density at radius 2 is 1.94 bits per heavy atom. The van der Waals surface area contributed by atoms with Crippen molar-refractivity contribution >= 4 is 22.9 Å². The van der Waals surface area contributed by atoms with Gasteiger partial charge in [0, 0.05) is 43.6 Å². The van der Waals surface area contributed by atoms with Gasteiger partial charge in [0.1, 0.15) is 17.5 Å². The van der Waals surface area contributed by atoms with Crippen LogP contribution in [-0.4, -0.2) is 48.1 Å². The van der Waals surface area contributed by atoms with Crippen molar-refractivity contribution in [3.8, 4) is 11.3 Å². The van der Waals surface area contributed by atoms with Gasteiger partial charge in [-0.25, -0.2) is 18.0 Å². The molecule has 2 amide bonds. The number of likely N-dealkylation sites (tertiary alicyclic amines) is 1. The summed E-state index contributed by atoms with van der Waals surface area (Å²) in [5, 5.41) is 2.96. The Hall–Kier alpha value is -3.49. The molecule has 1 atom stereocenters. The number of rotatable bonds is 5. The van der Waals surface area contributed by atoms with E-state index in [9.17, 15) is 22.8 Å². The van der Waals surface area contributed by atoms with Crippen LogP contribution < -0.4 is 5.32 Å². The van der Waals surface area contributed by atoms with Crippen molar-refractivity contribution in [3.05, 3.63) is 59.4 Å². The number of hydrogen-bond acceptors (Lipinski definition) is 3. The Balaban J connectivity index is 1.53. The topological polar surface area (TPSA) is 74.4 Å². The summed E-state index contributed by atoms with van der Waals surface area (Å²) in [6.07, 6.45) is -0.290. The largest absolute Gasteiger partial charge is 0.449 e. The second kappa shape index (κ2) is 8.33. The van der Waals surface area contributed by atoms with E-state index in [1.54, 1.807) is 7.05 Å². The van der Waals surface area contributed by atoms with Crippen LogP contribution in [0.15, 0.2) is 36.4 Å². The van der Waals surface area contributed by atoms with E-state index in [4.69, 9.17) is 4.74 Å². The van der Waals surface area contributed by atoms with E-state index in [-0.39, 0.29) is 36.9 Å². The molecular formula is C22H20F3N3O3. The predicted octanol–water partition coefficient (Wildman–Crippen LogP) is 3.75.